The van der Waals surface area contributed by atoms with E-state index in [2.05, 4.69) is 11.8 Å². The lowest BCUT2D eigenvalue weighted by atomic mass is 10.2. The summed E-state index contributed by atoms with van der Waals surface area (Å²) >= 11 is 0. The molecule has 1 saturated carbocycles. The fourth-order valence-corrected chi connectivity index (χ4v) is 2.10. The van der Waals surface area contributed by atoms with Crippen LogP contribution in [0.15, 0.2) is 0 Å². The molecule has 1 rings (SSSR count). The van der Waals surface area contributed by atoms with Gasteiger partial charge in [0.25, 0.3) is 0 Å². The number of carbonyl (C=O) groups excluding carboxylic acids is 1. The predicted octanol–water partition coefficient (Wildman–Crippen LogP) is 1.09. The van der Waals surface area contributed by atoms with Gasteiger partial charge in [-0.25, -0.2) is 0 Å². The molecule has 0 atom stereocenters. The third kappa shape index (κ3) is 5.50. The maximum atomic E-state index is 12.0. The van der Waals surface area contributed by atoms with Gasteiger partial charge in [-0.1, -0.05) is 0 Å². The molecular formula is C13H26N2O2. The van der Waals surface area contributed by atoms with Crippen LogP contribution in [0.2, 0.25) is 0 Å². The Morgan fingerprint density at radius 3 is 2.53 bits per heavy atom. The molecule has 0 saturated heterocycles. The molecule has 0 heterocycles. The van der Waals surface area contributed by atoms with E-state index in [0.717, 1.165) is 32.4 Å². The second-order valence-corrected chi connectivity index (χ2v) is 4.93. The lowest BCUT2D eigenvalue weighted by Gasteiger charge is -2.24. The molecule has 0 spiro atoms. The number of likely N-dealkylation sites (N-methyl/N-ethyl adjacent to an activating group) is 2. The SMILES string of the molecule is CCN(C(=O)CN(C)CCCCCO)C1CC1. The summed E-state index contributed by atoms with van der Waals surface area (Å²) in [5.74, 6) is 0.264. The smallest absolute Gasteiger partial charge is 0.236 e. The molecule has 100 valence electrons. The van der Waals surface area contributed by atoms with Crippen LogP contribution < -0.4 is 0 Å². The standard InChI is InChI=1S/C13H26N2O2/c1-3-15(12-7-8-12)13(17)11-14(2)9-5-4-6-10-16/h12,16H,3-11H2,1-2H3. The number of hydrogen-bond donors (Lipinski definition) is 1. The summed E-state index contributed by atoms with van der Waals surface area (Å²) < 4.78 is 0. The lowest BCUT2D eigenvalue weighted by Crippen LogP contribution is -2.40. The number of amides is 1. The van der Waals surface area contributed by atoms with Crippen molar-refractivity contribution in [3.63, 3.8) is 0 Å². The van der Waals surface area contributed by atoms with E-state index in [1.807, 2.05) is 11.9 Å². The van der Waals surface area contributed by atoms with E-state index in [-0.39, 0.29) is 12.5 Å². The van der Waals surface area contributed by atoms with E-state index in [1.165, 1.54) is 12.8 Å². The molecule has 0 bridgehead atoms. The van der Waals surface area contributed by atoms with E-state index in [4.69, 9.17) is 5.11 Å². The summed E-state index contributed by atoms with van der Waals surface area (Å²) in [6.45, 7) is 4.63. The molecule has 1 fully saturated rings. The molecule has 0 aromatic rings. The highest BCUT2D eigenvalue weighted by molar-refractivity contribution is 5.78. The van der Waals surface area contributed by atoms with E-state index in [0.29, 0.717) is 12.6 Å². The molecule has 1 N–H and O–H groups in total. The van der Waals surface area contributed by atoms with Crippen LogP contribution in [0.5, 0.6) is 0 Å². The van der Waals surface area contributed by atoms with Gasteiger partial charge in [0.05, 0.1) is 6.54 Å². The molecule has 1 aliphatic rings. The molecule has 4 nitrogen and oxygen atoms in total. The van der Waals surface area contributed by atoms with E-state index < -0.39 is 0 Å². The van der Waals surface area contributed by atoms with Gasteiger partial charge in [0.2, 0.25) is 5.91 Å². The average Bonchev–Trinajstić information content (AvgIpc) is 3.10. The van der Waals surface area contributed by atoms with E-state index >= 15 is 0 Å². The number of unbranched alkanes of at least 4 members (excludes halogenated alkanes) is 2. The van der Waals surface area contributed by atoms with Crippen LogP contribution in [0.3, 0.4) is 0 Å². The second kappa shape index (κ2) is 7.67. The van der Waals surface area contributed by atoms with Crippen LogP contribution in [0.1, 0.15) is 39.0 Å². The first kappa shape index (κ1) is 14.5. The van der Waals surface area contributed by atoms with Gasteiger partial charge in [0, 0.05) is 19.2 Å². The van der Waals surface area contributed by atoms with Gasteiger partial charge >= 0.3 is 0 Å². The summed E-state index contributed by atoms with van der Waals surface area (Å²) in [5, 5.41) is 8.68. The Bertz CT molecular complexity index is 229. The number of aliphatic hydroxyl groups is 1. The lowest BCUT2D eigenvalue weighted by molar-refractivity contribution is -0.132. The summed E-state index contributed by atoms with van der Waals surface area (Å²) in [6, 6.07) is 0.523. The van der Waals surface area contributed by atoms with E-state index in [9.17, 15) is 4.79 Å². The molecular weight excluding hydrogens is 216 g/mol. The normalized spacial score (nSPS) is 15.3. The third-order valence-electron chi connectivity index (χ3n) is 3.25. The van der Waals surface area contributed by atoms with Crippen molar-refractivity contribution in [2.75, 3.05) is 33.3 Å². The van der Waals surface area contributed by atoms with Crippen LogP contribution >= 0.6 is 0 Å². The van der Waals surface area contributed by atoms with Crippen LogP contribution in [0.4, 0.5) is 0 Å². The summed E-state index contributed by atoms with van der Waals surface area (Å²) in [4.78, 5) is 16.1. The van der Waals surface area contributed by atoms with Crippen molar-refractivity contribution >= 4 is 5.91 Å². The Labute approximate surface area is 105 Å². The highest BCUT2D eigenvalue weighted by Crippen LogP contribution is 2.26. The first-order chi connectivity index (χ1) is 8.19. The Balaban J connectivity index is 2.15. The zero-order chi connectivity index (χ0) is 12.7. The van der Waals surface area contributed by atoms with Gasteiger partial charge in [0.15, 0.2) is 0 Å². The molecule has 1 aliphatic carbocycles. The molecule has 0 aliphatic heterocycles. The van der Waals surface area contributed by atoms with Gasteiger partial charge < -0.3 is 10.0 Å². The number of aliphatic hydroxyl groups excluding tert-OH is 1. The number of carbonyl (C=O) groups is 1. The highest BCUT2D eigenvalue weighted by atomic mass is 16.2. The maximum Gasteiger partial charge on any atom is 0.236 e. The quantitative estimate of drug-likeness (QED) is 0.616. The minimum absolute atomic E-state index is 0.264. The van der Waals surface area contributed by atoms with E-state index in [1.54, 1.807) is 0 Å². The van der Waals surface area contributed by atoms with Gasteiger partial charge in [-0.05, 0) is 52.6 Å². The Hall–Kier alpha value is -0.610. The number of nitrogens with zero attached hydrogens (tertiary/aromatic N) is 2. The second-order valence-electron chi connectivity index (χ2n) is 4.93. The molecule has 0 unspecified atom stereocenters. The Morgan fingerprint density at radius 1 is 1.29 bits per heavy atom. The fourth-order valence-electron chi connectivity index (χ4n) is 2.10. The van der Waals surface area contributed by atoms with Crippen molar-refractivity contribution in [2.24, 2.45) is 0 Å². The summed E-state index contributed by atoms with van der Waals surface area (Å²) in [6.07, 6.45) is 5.32. The van der Waals surface area contributed by atoms with Crippen molar-refractivity contribution in [1.82, 2.24) is 9.80 Å². The Kier molecular flexibility index (Phi) is 6.52. The topological polar surface area (TPSA) is 43.8 Å². The maximum absolute atomic E-state index is 12.0. The molecule has 0 radical (unpaired) electrons. The summed E-state index contributed by atoms with van der Waals surface area (Å²) in [7, 11) is 2.00. The fraction of sp³-hybridized carbons (Fsp3) is 0.923. The summed E-state index contributed by atoms with van der Waals surface area (Å²) in [5.41, 5.74) is 0. The molecule has 0 aromatic carbocycles. The predicted molar refractivity (Wildman–Crippen MR) is 68.8 cm³/mol. The minimum atomic E-state index is 0.264. The van der Waals surface area contributed by atoms with Crippen molar-refractivity contribution in [3.05, 3.63) is 0 Å². The molecule has 17 heavy (non-hydrogen) atoms. The number of hydrogen-bond acceptors (Lipinski definition) is 3. The van der Waals surface area contributed by atoms with Crippen molar-refractivity contribution in [2.45, 2.75) is 45.1 Å². The van der Waals surface area contributed by atoms with Crippen LogP contribution in [0, 0.1) is 0 Å². The van der Waals surface area contributed by atoms with Crippen molar-refractivity contribution < 1.29 is 9.90 Å². The minimum Gasteiger partial charge on any atom is -0.396 e. The molecule has 4 heteroatoms. The van der Waals surface area contributed by atoms with Gasteiger partial charge in [-0.15, -0.1) is 0 Å². The van der Waals surface area contributed by atoms with Crippen LogP contribution in [-0.2, 0) is 4.79 Å². The van der Waals surface area contributed by atoms with Gasteiger partial charge in [-0.2, -0.15) is 0 Å². The van der Waals surface area contributed by atoms with Crippen molar-refractivity contribution in [3.8, 4) is 0 Å². The zero-order valence-electron chi connectivity index (χ0n) is 11.2. The highest BCUT2D eigenvalue weighted by Gasteiger charge is 2.31. The molecule has 0 aromatic heterocycles. The van der Waals surface area contributed by atoms with Crippen molar-refractivity contribution in [1.29, 1.82) is 0 Å². The molecule has 1 amide bonds. The largest absolute Gasteiger partial charge is 0.396 e. The van der Waals surface area contributed by atoms with Crippen LogP contribution in [-0.4, -0.2) is 60.1 Å². The number of rotatable bonds is 9. The monoisotopic (exact) mass is 242 g/mol. The zero-order valence-corrected chi connectivity index (χ0v) is 11.2. The average molecular weight is 242 g/mol. The Morgan fingerprint density at radius 2 is 2.00 bits per heavy atom. The van der Waals surface area contributed by atoms with Gasteiger partial charge in [0.1, 0.15) is 0 Å². The first-order valence-electron chi connectivity index (χ1n) is 6.78. The van der Waals surface area contributed by atoms with Gasteiger partial charge in [-0.3, -0.25) is 9.69 Å². The van der Waals surface area contributed by atoms with Crippen LogP contribution in [0.25, 0.3) is 0 Å². The third-order valence-corrected chi connectivity index (χ3v) is 3.25. The first-order valence-corrected chi connectivity index (χ1v) is 6.78.